The summed E-state index contributed by atoms with van der Waals surface area (Å²) in [6, 6.07) is 1.82. The first-order chi connectivity index (χ1) is 8.23. The van der Waals surface area contributed by atoms with Gasteiger partial charge in [-0.15, -0.1) is 0 Å². The molecule has 6 nitrogen and oxygen atoms in total. The summed E-state index contributed by atoms with van der Waals surface area (Å²) in [4.78, 5) is 19.1. The molecular formula is C11H13ClN4O2. The van der Waals surface area contributed by atoms with E-state index in [4.69, 9.17) is 27.3 Å². The van der Waals surface area contributed by atoms with Crippen molar-refractivity contribution >= 4 is 23.5 Å². The molecule has 18 heavy (non-hydrogen) atoms. The molecule has 0 aliphatic heterocycles. The Kier molecular flexibility index (Phi) is 4.09. The Balaban J connectivity index is 2.98. The highest BCUT2D eigenvalue weighted by atomic mass is 35.5. The molecule has 7 heteroatoms. The molecule has 0 aromatic carbocycles. The molecule has 0 saturated carbocycles. The fourth-order valence-electron chi connectivity index (χ4n) is 1.24. The van der Waals surface area contributed by atoms with E-state index < -0.39 is 11.6 Å². The number of nitriles is 1. The van der Waals surface area contributed by atoms with E-state index in [0.29, 0.717) is 0 Å². The third-order valence-electron chi connectivity index (χ3n) is 1.82. The summed E-state index contributed by atoms with van der Waals surface area (Å²) < 4.78 is 5.13. The number of anilines is 1. The van der Waals surface area contributed by atoms with E-state index in [1.807, 2.05) is 6.07 Å². The van der Waals surface area contributed by atoms with Crippen LogP contribution in [-0.2, 0) is 16.0 Å². The fraction of sp³-hybridized carbons (Fsp3) is 0.455. The zero-order valence-electron chi connectivity index (χ0n) is 10.3. The molecule has 0 radical (unpaired) electrons. The number of nitrogens with zero attached hydrogens (tertiary/aromatic N) is 3. The van der Waals surface area contributed by atoms with Crippen molar-refractivity contribution in [3.8, 4) is 6.07 Å². The van der Waals surface area contributed by atoms with Gasteiger partial charge in [0.25, 0.3) is 0 Å². The SMILES string of the molecule is CC(C)(C)OC(=O)Cc1c(Cl)nc(N)nc1C#N. The molecule has 2 N–H and O–H groups in total. The van der Waals surface area contributed by atoms with Crippen molar-refractivity contribution in [3.63, 3.8) is 0 Å². The van der Waals surface area contributed by atoms with E-state index in [9.17, 15) is 4.79 Å². The Hall–Kier alpha value is -1.87. The van der Waals surface area contributed by atoms with Gasteiger partial charge in [0.05, 0.1) is 6.42 Å². The number of hydrogen-bond acceptors (Lipinski definition) is 6. The average Bonchev–Trinajstić information content (AvgIpc) is 2.18. The molecule has 0 aliphatic carbocycles. The average molecular weight is 269 g/mol. The van der Waals surface area contributed by atoms with Crippen LogP contribution in [-0.4, -0.2) is 21.5 Å². The van der Waals surface area contributed by atoms with Crippen LogP contribution in [0.2, 0.25) is 5.15 Å². The molecule has 0 spiro atoms. The number of carbonyl (C=O) groups excluding carboxylic acids is 1. The molecular weight excluding hydrogens is 256 g/mol. The number of nitrogen functional groups attached to an aromatic ring is 1. The summed E-state index contributed by atoms with van der Waals surface area (Å²) in [5, 5.41) is 8.90. The highest BCUT2D eigenvalue weighted by Gasteiger charge is 2.20. The number of rotatable bonds is 2. The van der Waals surface area contributed by atoms with E-state index in [2.05, 4.69) is 9.97 Å². The van der Waals surface area contributed by atoms with Crippen molar-refractivity contribution in [1.29, 1.82) is 5.26 Å². The number of hydrogen-bond donors (Lipinski definition) is 1. The van der Waals surface area contributed by atoms with Gasteiger partial charge in [-0.05, 0) is 20.8 Å². The van der Waals surface area contributed by atoms with Crippen LogP contribution in [0.3, 0.4) is 0 Å². The van der Waals surface area contributed by atoms with Gasteiger partial charge in [-0.25, -0.2) is 9.97 Å². The summed E-state index contributed by atoms with van der Waals surface area (Å²) >= 11 is 5.84. The van der Waals surface area contributed by atoms with Crippen LogP contribution in [0.4, 0.5) is 5.95 Å². The number of aromatic nitrogens is 2. The normalized spacial score (nSPS) is 10.8. The van der Waals surface area contributed by atoms with E-state index in [-0.39, 0.29) is 28.8 Å². The van der Waals surface area contributed by atoms with E-state index >= 15 is 0 Å². The van der Waals surface area contributed by atoms with Crippen LogP contribution in [0.15, 0.2) is 0 Å². The number of carbonyl (C=O) groups is 1. The Labute approximate surface area is 110 Å². The second-order valence-corrected chi connectivity index (χ2v) is 4.93. The first-order valence-electron chi connectivity index (χ1n) is 5.17. The quantitative estimate of drug-likeness (QED) is 0.644. The summed E-state index contributed by atoms with van der Waals surface area (Å²) in [7, 11) is 0. The van der Waals surface area contributed by atoms with Gasteiger partial charge in [-0.1, -0.05) is 11.6 Å². The van der Waals surface area contributed by atoms with E-state index in [1.54, 1.807) is 20.8 Å². The van der Waals surface area contributed by atoms with E-state index in [1.165, 1.54) is 0 Å². The molecule has 0 atom stereocenters. The third-order valence-corrected chi connectivity index (χ3v) is 2.13. The first kappa shape index (κ1) is 14.2. The number of nitrogens with two attached hydrogens (primary N) is 1. The van der Waals surface area contributed by atoms with Crippen molar-refractivity contribution in [3.05, 3.63) is 16.4 Å². The van der Waals surface area contributed by atoms with Crippen LogP contribution >= 0.6 is 11.6 Å². The van der Waals surface area contributed by atoms with Crippen LogP contribution in [0.5, 0.6) is 0 Å². The van der Waals surface area contributed by atoms with Crippen LogP contribution < -0.4 is 5.73 Å². The molecule has 1 aromatic rings. The minimum atomic E-state index is -0.606. The lowest BCUT2D eigenvalue weighted by Gasteiger charge is -2.19. The van der Waals surface area contributed by atoms with Gasteiger partial charge in [0.1, 0.15) is 16.8 Å². The Morgan fingerprint density at radius 3 is 2.61 bits per heavy atom. The fourth-order valence-corrected chi connectivity index (χ4v) is 1.49. The molecule has 0 aliphatic rings. The highest BCUT2D eigenvalue weighted by molar-refractivity contribution is 6.30. The maximum Gasteiger partial charge on any atom is 0.311 e. The summed E-state index contributed by atoms with van der Waals surface area (Å²) in [5.41, 5.74) is 4.97. The molecule has 0 bridgehead atoms. The predicted molar refractivity (Wildman–Crippen MR) is 65.7 cm³/mol. The topological polar surface area (TPSA) is 102 Å². The smallest absolute Gasteiger partial charge is 0.311 e. The van der Waals surface area contributed by atoms with Crippen molar-refractivity contribution in [2.24, 2.45) is 0 Å². The largest absolute Gasteiger partial charge is 0.460 e. The zero-order valence-corrected chi connectivity index (χ0v) is 11.1. The number of halogens is 1. The maximum absolute atomic E-state index is 11.7. The first-order valence-corrected chi connectivity index (χ1v) is 5.54. The van der Waals surface area contributed by atoms with Gasteiger partial charge in [-0.2, -0.15) is 5.26 Å². The molecule has 96 valence electrons. The van der Waals surface area contributed by atoms with E-state index in [0.717, 1.165) is 0 Å². The van der Waals surface area contributed by atoms with Crippen molar-refractivity contribution in [2.45, 2.75) is 32.8 Å². The molecule has 0 unspecified atom stereocenters. The Morgan fingerprint density at radius 1 is 1.50 bits per heavy atom. The zero-order chi connectivity index (χ0) is 13.9. The van der Waals surface area contributed by atoms with Crippen LogP contribution in [0.25, 0.3) is 0 Å². The lowest BCUT2D eigenvalue weighted by molar-refractivity contribution is -0.153. The van der Waals surface area contributed by atoms with Gasteiger partial charge in [0.2, 0.25) is 5.95 Å². The van der Waals surface area contributed by atoms with Crippen LogP contribution in [0.1, 0.15) is 32.0 Å². The molecule has 1 heterocycles. The summed E-state index contributed by atoms with van der Waals surface area (Å²) in [6.07, 6.45) is -0.167. The van der Waals surface area contributed by atoms with Gasteiger partial charge < -0.3 is 10.5 Å². The lowest BCUT2D eigenvalue weighted by atomic mass is 10.1. The molecule has 0 saturated heterocycles. The highest BCUT2D eigenvalue weighted by Crippen LogP contribution is 2.19. The molecule has 0 amide bonds. The standard InChI is InChI=1S/C11H13ClN4O2/c1-11(2,3)18-8(17)4-6-7(5-13)15-10(14)16-9(6)12/h4H2,1-3H3,(H2,14,15,16). The lowest BCUT2D eigenvalue weighted by Crippen LogP contribution is -2.25. The third kappa shape index (κ3) is 3.86. The minimum Gasteiger partial charge on any atom is -0.460 e. The Morgan fingerprint density at radius 2 is 2.11 bits per heavy atom. The van der Waals surface area contributed by atoms with Gasteiger partial charge in [0, 0.05) is 5.56 Å². The summed E-state index contributed by atoms with van der Waals surface area (Å²) in [5.74, 6) is -0.612. The maximum atomic E-state index is 11.7. The molecule has 1 aromatic heterocycles. The predicted octanol–water partition coefficient (Wildman–Crippen LogP) is 1.47. The van der Waals surface area contributed by atoms with Gasteiger partial charge in [0.15, 0.2) is 5.69 Å². The second kappa shape index (κ2) is 5.19. The second-order valence-electron chi connectivity index (χ2n) is 4.57. The molecule has 1 rings (SSSR count). The number of ether oxygens (including phenoxy) is 1. The minimum absolute atomic E-state index is 0.00934. The van der Waals surface area contributed by atoms with Gasteiger partial charge >= 0.3 is 5.97 Å². The van der Waals surface area contributed by atoms with Crippen LogP contribution in [0, 0.1) is 11.3 Å². The summed E-state index contributed by atoms with van der Waals surface area (Å²) in [6.45, 7) is 5.24. The molecule has 0 fully saturated rings. The van der Waals surface area contributed by atoms with Crippen molar-refractivity contribution in [2.75, 3.05) is 5.73 Å². The monoisotopic (exact) mass is 268 g/mol. The number of esters is 1. The van der Waals surface area contributed by atoms with Gasteiger partial charge in [-0.3, -0.25) is 4.79 Å². The Bertz CT molecular complexity index is 517. The van der Waals surface area contributed by atoms with Crippen molar-refractivity contribution in [1.82, 2.24) is 9.97 Å². The van der Waals surface area contributed by atoms with Crippen molar-refractivity contribution < 1.29 is 9.53 Å².